The second kappa shape index (κ2) is 6.50. The highest BCUT2D eigenvalue weighted by Gasteiger charge is 2.29. The summed E-state index contributed by atoms with van der Waals surface area (Å²) in [5.74, 6) is 0.563. The van der Waals surface area contributed by atoms with E-state index in [1.807, 2.05) is 14.1 Å². The molecule has 19 heavy (non-hydrogen) atoms. The molecule has 1 aromatic heterocycles. The smallest absolute Gasteiger partial charge is 0.237 e. The first-order valence-electron chi connectivity index (χ1n) is 6.80. The third-order valence-corrected chi connectivity index (χ3v) is 4.75. The lowest BCUT2D eigenvalue weighted by molar-refractivity contribution is -0.123. The van der Waals surface area contributed by atoms with Crippen LogP contribution < -0.4 is 10.6 Å². The predicted molar refractivity (Wildman–Crippen MR) is 79.3 cm³/mol. The Morgan fingerprint density at radius 3 is 2.95 bits per heavy atom. The van der Waals surface area contributed by atoms with Gasteiger partial charge in [-0.05, 0) is 44.4 Å². The van der Waals surface area contributed by atoms with Crippen LogP contribution in [0.25, 0.3) is 0 Å². The summed E-state index contributed by atoms with van der Waals surface area (Å²) in [6, 6.07) is 4.41. The van der Waals surface area contributed by atoms with E-state index in [9.17, 15) is 4.79 Å². The molecule has 5 heteroatoms. The average molecular weight is 281 g/mol. The molecule has 0 spiro atoms. The van der Waals surface area contributed by atoms with Crippen molar-refractivity contribution in [2.75, 3.05) is 27.2 Å². The van der Waals surface area contributed by atoms with E-state index < -0.39 is 0 Å². The number of carbonyl (C=O) groups is 1. The van der Waals surface area contributed by atoms with Crippen molar-refractivity contribution in [1.82, 2.24) is 15.5 Å². The van der Waals surface area contributed by atoms with Gasteiger partial charge in [0.2, 0.25) is 5.91 Å². The molecular weight excluding hydrogens is 258 g/mol. The highest BCUT2D eigenvalue weighted by Crippen LogP contribution is 2.22. The first-order valence-corrected chi connectivity index (χ1v) is 7.68. The number of hydrogen-bond donors (Lipinski definition) is 2. The highest BCUT2D eigenvalue weighted by atomic mass is 32.1. The number of hydrogen-bond acceptors (Lipinski definition) is 4. The van der Waals surface area contributed by atoms with Crippen molar-refractivity contribution in [2.45, 2.75) is 25.4 Å². The van der Waals surface area contributed by atoms with Crippen molar-refractivity contribution < 1.29 is 4.79 Å². The molecule has 3 unspecified atom stereocenters. The Kier molecular flexibility index (Phi) is 4.96. The molecule has 1 fully saturated rings. The number of nitrogens with zero attached hydrogens (tertiary/aromatic N) is 1. The zero-order valence-corrected chi connectivity index (χ0v) is 12.7. The van der Waals surface area contributed by atoms with Gasteiger partial charge in [-0.2, -0.15) is 0 Å². The van der Waals surface area contributed by atoms with E-state index in [0.717, 1.165) is 13.0 Å². The Bertz CT molecular complexity index is 405. The van der Waals surface area contributed by atoms with Gasteiger partial charge < -0.3 is 15.5 Å². The van der Waals surface area contributed by atoms with E-state index in [4.69, 9.17) is 0 Å². The molecule has 106 valence electrons. The fourth-order valence-electron chi connectivity index (χ4n) is 2.51. The van der Waals surface area contributed by atoms with E-state index in [0.29, 0.717) is 12.5 Å². The van der Waals surface area contributed by atoms with Gasteiger partial charge in [0.1, 0.15) is 0 Å². The molecule has 1 aliphatic rings. The van der Waals surface area contributed by atoms with Gasteiger partial charge >= 0.3 is 0 Å². The Balaban J connectivity index is 1.90. The van der Waals surface area contributed by atoms with Crippen molar-refractivity contribution in [3.05, 3.63) is 22.4 Å². The molecule has 1 aromatic rings. The number of amides is 1. The van der Waals surface area contributed by atoms with E-state index in [2.05, 4.69) is 40.0 Å². The van der Waals surface area contributed by atoms with Gasteiger partial charge in [0.05, 0.1) is 12.1 Å². The lowest BCUT2D eigenvalue weighted by atomic mass is 10.0. The summed E-state index contributed by atoms with van der Waals surface area (Å²) in [6.45, 7) is 3.74. The first kappa shape index (κ1) is 14.5. The first-order chi connectivity index (χ1) is 9.09. The number of likely N-dealkylation sites (N-methyl/N-ethyl adjacent to an activating group) is 1. The lowest BCUT2D eigenvalue weighted by Crippen LogP contribution is -2.45. The van der Waals surface area contributed by atoms with Crippen LogP contribution in [0.4, 0.5) is 0 Å². The molecule has 2 N–H and O–H groups in total. The quantitative estimate of drug-likeness (QED) is 0.859. The zero-order valence-electron chi connectivity index (χ0n) is 11.8. The molecule has 0 bridgehead atoms. The van der Waals surface area contributed by atoms with Gasteiger partial charge in [0.15, 0.2) is 0 Å². The monoisotopic (exact) mass is 281 g/mol. The molecule has 2 rings (SSSR count). The van der Waals surface area contributed by atoms with E-state index in [1.165, 1.54) is 4.88 Å². The fraction of sp³-hybridized carbons (Fsp3) is 0.643. The molecule has 3 atom stereocenters. The minimum atomic E-state index is -0.0221. The van der Waals surface area contributed by atoms with Gasteiger partial charge in [-0.1, -0.05) is 13.0 Å². The Hall–Kier alpha value is -0.910. The Morgan fingerprint density at radius 2 is 2.42 bits per heavy atom. The van der Waals surface area contributed by atoms with Crippen molar-refractivity contribution in [1.29, 1.82) is 0 Å². The summed E-state index contributed by atoms with van der Waals surface area (Å²) in [5, 5.41) is 8.44. The molecule has 1 aliphatic heterocycles. The molecule has 0 aliphatic carbocycles. The van der Waals surface area contributed by atoms with Crippen LogP contribution in [0.2, 0.25) is 0 Å². The number of thiophene rings is 1. The fourth-order valence-corrected chi connectivity index (χ4v) is 3.43. The maximum absolute atomic E-state index is 12.2. The molecule has 1 amide bonds. The minimum Gasteiger partial charge on any atom is -0.353 e. The molecule has 0 aromatic carbocycles. The Morgan fingerprint density at radius 1 is 1.63 bits per heavy atom. The van der Waals surface area contributed by atoms with Crippen molar-refractivity contribution >= 4 is 17.2 Å². The summed E-state index contributed by atoms with van der Waals surface area (Å²) >= 11 is 1.74. The van der Waals surface area contributed by atoms with Crippen molar-refractivity contribution in [3.63, 3.8) is 0 Å². The van der Waals surface area contributed by atoms with Gasteiger partial charge in [-0.15, -0.1) is 11.3 Å². The van der Waals surface area contributed by atoms with Crippen LogP contribution in [0.3, 0.4) is 0 Å². The van der Waals surface area contributed by atoms with Crippen molar-refractivity contribution in [2.24, 2.45) is 5.92 Å². The van der Waals surface area contributed by atoms with Crippen molar-refractivity contribution in [3.8, 4) is 0 Å². The third kappa shape index (κ3) is 3.55. The van der Waals surface area contributed by atoms with E-state index in [-0.39, 0.29) is 18.0 Å². The topological polar surface area (TPSA) is 44.4 Å². The van der Waals surface area contributed by atoms with Crippen LogP contribution >= 0.6 is 11.3 Å². The van der Waals surface area contributed by atoms with Gasteiger partial charge in [-0.3, -0.25) is 4.79 Å². The highest BCUT2D eigenvalue weighted by molar-refractivity contribution is 7.10. The molecular formula is C14H23N3OS. The van der Waals surface area contributed by atoms with Crippen LogP contribution in [-0.4, -0.2) is 44.0 Å². The summed E-state index contributed by atoms with van der Waals surface area (Å²) in [5.41, 5.74) is 0. The predicted octanol–water partition coefficient (Wildman–Crippen LogP) is 1.46. The Labute approximate surface area is 119 Å². The molecule has 0 radical (unpaired) electrons. The second-order valence-electron chi connectivity index (χ2n) is 5.44. The van der Waals surface area contributed by atoms with Crippen LogP contribution in [-0.2, 0) is 4.79 Å². The minimum absolute atomic E-state index is 0.0221. The third-order valence-electron chi connectivity index (χ3n) is 3.78. The van der Waals surface area contributed by atoms with Crippen LogP contribution in [0.1, 0.15) is 24.3 Å². The van der Waals surface area contributed by atoms with Gasteiger partial charge in [-0.25, -0.2) is 0 Å². The second-order valence-corrected chi connectivity index (χ2v) is 6.42. The zero-order chi connectivity index (χ0) is 13.8. The standard InChI is InChI=1S/C14H23N3OS/c1-10-6-7-15-13(10)14(18)16-9-11(17(2)3)12-5-4-8-19-12/h4-5,8,10-11,13,15H,6-7,9H2,1-3H3,(H,16,18). The molecule has 0 saturated carbocycles. The molecule has 1 saturated heterocycles. The molecule has 2 heterocycles. The number of rotatable bonds is 5. The van der Waals surface area contributed by atoms with Gasteiger partial charge in [0, 0.05) is 11.4 Å². The summed E-state index contributed by atoms with van der Waals surface area (Å²) in [7, 11) is 4.10. The normalized spacial score (nSPS) is 24.6. The van der Waals surface area contributed by atoms with Gasteiger partial charge in [0.25, 0.3) is 0 Å². The number of nitrogens with one attached hydrogen (secondary N) is 2. The summed E-state index contributed by atoms with van der Waals surface area (Å²) in [6.07, 6.45) is 1.08. The van der Waals surface area contributed by atoms with E-state index >= 15 is 0 Å². The average Bonchev–Trinajstić information content (AvgIpc) is 3.00. The maximum atomic E-state index is 12.2. The largest absolute Gasteiger partial charge is 0.353 e. The van der Waals surface area contributed by atoms with Crippen LogP contribution in [0.15, 0.2) is 17.5 Å². The summed E-state index contributed by atoms with van der Waals surface area (Å²) < 4.78 is 0. The maximum Gasteiger partial charge on any atom is 0.237 e. The molecule has 4 nitrogen and oxygen atoms in total. The summed E-state index contributed by atoms with van der Waals surface area (Å²) in [4.78, 5) is 15.6. The van der Waals surface area contributed by atoms with Crippen LogP contribution in [0.5, 0.6) is 0 Å². The van der Waals surface area contributed by atoms with Crippen LogP contribution in [0, 0.1) is 5.92 Å². The van der Waals surface area contributed by atoms with E-state index in [1.54, 1.807) is 11.3 Å². The SMILES string of the molecule is CC1CCNC1C(=O)NCC(c1cccs1)N(C)C. The lowest BCUT2D eigenvalue weighted by Gasteiger charge is -2.25. The number of carbonyl (C=O) groups excluding carboxylic acids is 1.